The predicted octanol–water partition coefficient (Wildman–Crippen LogP) is -5.93. The van der Waals surface area contributed by atoms with Gasteiger partial charge in [-0.25, -0.2) is 4.79 Å². The average molecular weight is 708 g/mol. The van der Waals surface area contributed by atoms with E-state index in [9.17, 15) is 65.8 Å². The highest BCUT2D eigenvalue weighted by Gasteiger charge is 2.60. The van der Waals surface area contributed by atoms with Gasteiger partial charge in [0.25, 0.3) is 5.79 Å². The molecule has 5 unspecified atom stereocenters. The van der Waals surface area contributed by atoms with E-state index >= 15 is 0 Å². The zero-order valence-corrected chi connectivity index (χ0v) is 26.4. The van der Waals surface area contributed by atoms with E-state index < -0.39 is 136 Å². The molecule has 4 rings (SSSR count). The SMILES string of the molecule is CC1OC(CO)[C@@H](O[C@@H]2OC(CO)[C@H](O)C(O[C@]3(C(=O)O)C[C@@H](O)[C@@H](NC(=O)Cc4ccccc4)C([C@H](O)[C@H](O)CO)O3)[C@@H]2O)[C@H](O)[C@@H]1O. The molecule has 3 heterocycles. The number of nitrogens with one attached hydrogen (secondary N) is 1. The number of carbonyl (C=O) groups is 2. The van der Waals surface area contributed by atoms with E-state index in [1.807, 2.05) is 0 Å². The largest absolute Gasteiger partial charge is 0.477 e. The molecular formula is C30H45NO18. The normalized spacial score (nSPS) is 41.1. The summed E-state index contributed by atoms with van der Waals surface area (Å²) in [6.45, 7) is -1.28. The van der Waals surface area contributed by atoms with Gasteiger partial charge in [-0.05, 0) is 12.5 Å². The van der Waals surface area contributed by atoms with E-state index in [1.165, 1.54) is 6.92 Å². The van der Waals surface area contributed by atoms with Gasteiger partial charge < -0.3 is 85.2 Å². The first kappa shape index (κ1) is 39.3. The number of aliphatic carboxylic acids is 1. The van der Waals surface area contributed by atoms with Gasteiger partial charge in [0.1, 0.15) is 67.1 Å². The van der Waals surface area contributed by atoms with Crippen molar-refractivity contribution in [2.24, 2.45) is 0 Å². The molecule has 16 atom stereocenters. The fourth-order valence-electron chi connectivity index (χ4n) is 6.15. The molecule has 19 nitrogen and oxygen atoms in total. The van der Waals surface area contributed by atoms with Crippen molar-refractivity contribution in [1.82, 2.24) is 5.32 Å². The monoisotopic (exact) mass is 707 g/mol. The predicted molar refractivity (Wildman–Crippen MR) is 158 cm³/mol. The second-order valence-corrected chi connectivity index (χ2v) is 12.3. The molecule has 0 spiro atoms. The lowest BCUT2D eigenvalue weighted by atomic mass is 9.88. The lowest BCUT2D eigenvalue weighted by molar-refractivity contribution is -0.381. The molecule has 3 fully saturated rings. The number of carboxylic acids is 1. The number of aliphatic hydroxyl groups excluding tert-OH is 10. The highest BCUT2D eigenvalue weighted by molar-refractivity contribution is 5.79. The maximum atomic E-state index is 12.9. The van der Waals surface area contributed by atoms with Gasteiger partial charge in [0, 0.05) is 6.42 Å². The van der Waals surface area contributed by atoms with Crippen LogP contribution in [0, 0.1) is 0 Å². The summed E-state index contributed by atoms with van der Waals surface area (Å²) in [5.41, 5.74) is 0.571. The average Bonchev–Trinajstić information content (AvgIpc) is 3.08. The summed E-state index contributed by atoms with van der Waals surface area (Å²) in [4.78, 5) is 25.7. The van der Waals surface area contributed by atoms with E-state index in [0.717, 1.165) is 0 Å². The number of carboxylic acid groups (broad SMARTS) is 1. The Morgan fingerprint density at radius 1 is 0.918 bits per heavy atom. The van der Waals surface area contributed by atoms with Crippen molar-refractivity contribution >= 4 is 11.9 Å². The van der Waals surface area contributed by atoms with Crippen LogP contribution in [-0.2, 0) is 39.7 Å². The number of amides is 1. The first-order valence-electron chi connectivity index (χ1n) is 15.7. The number of hydrogen-bond donors (Lipinski definition) is 12. The van der Waals surface area contributed by atoms with Gasteiger partial charge >= 0.3 is 5.97 Å². The molecule has 49 heavy (non-hydrogen) atoms. The summed E-state index contributed by atoms with van der Waals surface area (Å²) in [6, 6.07) is 6.80. The number of rotatable bonds is 13. The molecule has 3 saturated heterocycles. The van der Waals surface area contributed by atoms with Crippen LogP contribution in [-0.4, -0.2) is 185 Å². The molecule has 0 aliphatic carbocycles. The number of ether oxygens (including phenoxy) is 5. The van der Waals surface area contributed by atoms with E-state index in [1.54, 1.807) is 30.3 Å². The first-order chi connectivity index (χ1) is 23.2. The third-order valence-corrected chi connectivity index (χ3v) is 8.89. The summed E-state index contributed by atoms with van der Waals surface area (Å²) in [5.74, 6) is -5.66. The minimum atomic E-state index is -3.03. The van der Waals surface area contributed by atoms with Crippen LogP contribution in [0.2, 0.25) is 0 Å². The Kier molecular flexibility index (Phi) is 13.4. The molecule has 0 bridgehead atoms. The summed E-state index contributed by atoms with van der Waals surface area (Å²) in [7, 11) is 0. The summed E-state index contributed by atoms with van der Waals surface area (Å²) in [5, 5.41) is 118. The van der Waals surface area contributed by atoms with E-state index in [-0.39, 0.29) is 6.42 Å². The molecule has 3 aliphatic rings. The third kappa shape index (κ3) is 8.55. The van der Waals surface area contributed by atoms with Crippen LogP contribution in [0.3, 0.4) is 0 Å². The minimum absolute atomic E-state index is 0.200. The number of carbonyl (C=O) groups excluding carboxylic acids is 1. The summed E-state index contributed by atoms with van der Waals surface area (Å²) < 4.78 is 27.9. The van der Waals surface area contributed by atoms with Gasteiger partial charge in [0.2, 0.25) is 5.91 Å². The van der Waals surface area contributed by atoms with Crippen LogP contribution in [0.25, 0.3) is 0 Å². The maximum absolute atomic E-state index is 12.9. The van der Waals surface area contributed by atoms with E-state index in [0.29, 0.717) is 5.56 Å². The van der Waals surface area contributed by atoms with Crippen LogP contribution in [0.5, 0.6) is 0 Å². The standard InChI is InChI=1S/C30H45NO18/c1-12-20(38)23(41)25(17(11-34)45-12)47-28-24(42)27(22(40)16(10-33)46-28)49-30(29(43)44)8-14(35)19(26(48-30)21(39)15(36)9-32)31-18(37)7-13-5-3-2-4-6-13/h2-6,12,14-17,19-28,32-36,38-42H,7-11H2,1H3,(H,31,37)(H,43,44)/t12?,14-,15-,16?,17?,19-,20-,21-,22+,23-,24+,25-,26?,27?,28+,30+/m1/s1. The fourth-order valence-corrected chi connectivity index (χ4v) is 6.15. The van der Waals surface area contributed by atoms with Crippen LogP contribution in [0.1, 0.15) is 18.9 Å². The maximum Gasteiger partial charge on any atom is 0.364 e. The Balaban J connectivity index is 1.62. The molecule has 0 aromatic heterocycles. The molecule has 12 N–H and O–H groups in total. The fraction of sp³-hybridized carbons (Fsp3) is 0.733. The van der Waals surface area contributed by atoms with Crippen molar-refractivity contribution in [3.05, 3.63) is 35.9 Å². The van der Waals surface area contributed by atoms with Crippen molar-refractivity contribution in [2.75, 3.05) is 19.8 Å². The smallest absolute Gasteiger partial charge is 0.364 e. The summed E-state index contributed by atoms with van der Waals surface area (Å²) >= 11 is 0. The lowest BCUT2D eigenvalue weighted by Gasteiger charge is -2.50. The number of hydrogen-bond acceptors (Lipinski definition) is 17. The highest BCUT2D eigenvalue weighted by atomic mass is 16.8. The van der Waals surface area contributed by atoms with Gasteiger partial charge in [-0.15, -0.1) is 0 Å². The molecule has 0 radical (unpaired) electrons. The Morgan fingerprint density at radius 3 is 2.16 bits per heavy atom. The summed E-state index contributed by atoms with van der Waals surface area (Å²) in [6.07, 6.45) is -25.8. The second kappa shape index (κ2) is 16.7. The van der Waals surface area contributed by atoms with Crippen LogP contribution in [0.4, 0.5) is 0 Å². The minimum Gasteiger partial charge on any atom is -0.477 e. The zero-order chi connectivity index (χ0) is 36.2. The van der Waals surface area contributed by atoms with Crippen molar-refractivity contribution in [2.45, 2.75) is 117 Å². The lowest BCUT2D eigenvalue weighted by Crippen LogP contribution is -2.71. The topological polar surface area (TPSA) is 315 Å². The van der Waals surface area contributed by atoms with E-state index in [4.69, 9.17) is 23.7 Å². The molecule has 1 aromatic rings. The molecular weight excluding hydrogens is 662 g/mol. The van der Waals surface area contributed by atoms with Crippen molar-refractivity contribution < 1.29 is 89.4 Å². The van der Waals surface area contributed by atoms with Gasteiger partial charge in [-0.1, -0.05) is 30.3 Å². The van der Waals surface area contributed by atoms with Gasteiger partial charge in [0.05, 0.1) is 44.5 Å². The van der Waals surface area contributed by atoms with Gasteiger partial charge in [-0.3, -0.25) is 4.79 Å². The molecule has 19 heteroatoms. The zero-order valence-electron chi connectivity index (χ0n) is 26.4. The van der Waals surface area contributed by atoms with Crippen molar-refractivity contribution in [3.8, 4) is 0 Å². The van der Waals surface area contributed by atoms with E-state index in [2.05, 4.69) is 5.32 Å². The van der Waals surface area contributed by atoms with Crippen LogP contribution >= 0.6 is 0 Å². The number of aliphatic hydroxyl groups is 10. The molecule has 3 aliphatic heterocycles. The third-order valence-electron chi connectivity index (χ3n) is 8.89. The Morgan fingerprint density at radius 2 is 1.57 bits per heavy atom. The van der Waals surface area contributed by atoms with Gasteiger partial charge in [0.15, 0.2) is 6.29 Å². The van der Waals surface area contributed by atoms with Crippen molar-refractivity contribution in [3.63, 3.8) is 0 Å². The molecule has 1 aromatic carbocycles. The first-order valence-corrected chi connectivity index (χ1v) is 15.7. The molecule has 0 saturated carbocycles. The van der Waals surface area contributed by atoms with Crippen molar-refractivity contribution in [1.29, 1.82) is 0 Å². The highest BCUT2D eigenvalue weighted by Crippen LogP contribution is 2.38. The molecule has 1 amide bonds. The Hall–Kier alpha value is -2.44. The Bertz CT molecular complexity index is 1230. The molecule has 278 valence electrons. The Labute approximate surface area is 279 Å². The van der Waals surface area contributed by atoms with Gasteiger partial charge in [-0.2, -0.15) is 0 Å². The number of benzene rings is 1. The van der Waals surface area contributed by atoms with Crippen LogP contribution < -0.4 is 5.32 Å². The quantitative estimate of drug-likeness (QED) is 0.0908. The second-order valence-electron chi connectivity index (χ2n) is 12.3. The van der Waals surface area contributed by atoms with Crippen LogP contribution in [0.15, 0.2) is 30.3 Å².